The molecule has 2 N–H and O–H groups in total. The van der Waals surface area contributed by atoms with Crippen molar-refractivity contribution in [2.75, 3.05) is 0 Å². The van der Waals surface area contributed by atoms with E-state index in [4.69, 9.17) is 10.00 Å². The minimum Gasteiger partial charge on any atom is -0.444 e. The minimum absolute atomic E-state index is 0.0794. The molecule has 1 aromatic rings. The molecule has 0 bridgehead atoms. The van der Waals surface area contributed by atoms with Crippen LogP contribution in [0.4, 0.5) is 4.79 Å². The van der Waals surface area contributed by atoms with Gasteiger partial charge in [0.1, 0.15) is 5.60 Å². The smallest absolute Gasteiger partial charge is 0.407 e. The van der Waals surface area contributed by atoms with Crippen LogP contribution in [0.5, 0.6) is 0 Å². The number of carbonyl (C=O) groups excluding carboxylic acids is 1. The molecule has 136 valence electrons. The van der Waals surface area contributed by atoms with E-state index >= 15 is 0 Å². The van der Waals surface area contributed by atoms with Crippen LogP contribution in [-0.2, 0) is 11.3 Å². The van der Waals surface area contributed by atoms with E-state index in [1.807, 2.05) is 45.0 Å². The number of benzene rings is 1. The fourth-order valence-electron chi connectivity index (χ4n) is 3.13. The van der Waals surface area contributed by atoms with Gasteiger partial charge in [0.2, 0.25) is 0 Å². The van der Waals surface area contributed by atoms with E-state index in [2.05, 4.69) is 16.7 Å². The van der Waals surface area contributed by atoms with Gasteiger partial charge >= 0.3 is 6.09 Å². The molecule has 1 amide bonds. The summed E-state index contributed by atoms with van der Waals surface area (Å²) in [6.45, 7) is 6.35. The van der Waals surface area contributed by atoms with Gasteiger partial charge in [-0.05, 0) is 51.3 Å². The molecule has 1 fully saturated rings. The SMILES string of the molecule is CC(C)(C)OC(=O)NC1CCCCCC1NCc1ccc(C#N)cc1. The van der Waals surface area contributed by atoms with Gasteiger partial charge in [0, 0.05) is 18.6 Å². The van der Waals surface area contributed by atoms with Crippen LogP contribution in [0.3, 0.4) is 0 Å². The van der Waals surface area contributed by atoms with Crippen LogP contribution in [0, 0.1) is 11.3 Å². The minimum atomic E-state index is -0.486. The summed E-state index contributed by atoms with van der Waals surface area (Å²) in [5.41, 5.74) is 1.32. The lowest BCUT2D eigenvalue weighted by molar-refractivity contribution is 0.0489. The monoisotopic (exact) mass is 343 g/mol. The lowest BCUT2D eigenvalue weighted by atomic mass is 10.0. The van der Waals surface area contributed by atoms with Gasteiger partial charge in [-0.15, -0.1) is 0 Å². The number of nitrogens with one attached hydrogen (secondary N) is 2. The van der Waals surface area contributed by atoms with Crippen molar-refractivity contribution < 1.29 is 9.53 Å². The predicted octanol–water partition coefficient (Wildman–Crippen LogP) is 3.87. The Morgan fingerprint density at radius 3 is 2.40 bits per heavy atom. The first-order chi connectivity index (χ1) is 11.9. The summed E-state index contributed by atoms with van der Waals surface area (Å²) in [7, 11) is 0. The Morgan fingerprint density at radius 2 is 1.80 bits per heavy atom. The second kappa shape index (κ2) is 8.87. The molecular weight excluding hydrogens is 314 g/mol. The van der Waals surface area contributed by atoms with Gasteiger partial charge in [0.25, 0.3) is 0 Å². The zero-order valence-corrected chi connectivity index (χ0v) is 15.5. The molecule has 1 aromatic carbocycles. The van der Waals surface area contributed by atoms with Crippen molar-refractivity contribution in [3.05, 3.63) is 35.4 Å². The molecule has 25 heavy (non-hydrogen) atoms. The number of nitriles is 1. The molecular formula is C20H29N3O2. The molecule has 1 aliphatic rings. The summed E-state index contributed by atoms with van der Waals surface area (Å²) in [4.78, 5) is 12.1. The van der Waals surface area contributed by atoms with E-state index in [0.717, 1.165) is 37.8 Å². The number of amides is 1. The Morgan fingerprint density at radius 1 is 1.16 bits per heavy atom. The van der Waals surface area contributed by atoms with E-state index < -0.39 is 5.60 Å². The fraction of sp³-hybridized carbons (Fsp3) is 0.600. The van der Waals surface area contributed by atoms with Gasteiger partial charge in [-0.2, -0.15) is 5.26 Å². The second-order valence-electron chi connectivity index (χ2n) is 7.69. The first kappa shape index (κ1) is 19.3. The fourth-order valence-corrected chi connectivity index (χ4v) is 3.13. The Balaban J connectivity index is 1.94. The molecule has 2 rings (SSSR count). The van der Waals surface area contributed by atoms with Crippen LogP contribution in [0.25, 0.3) is 0 Å². The topological polar surface area (TPSA) is 74.2 Å². The normalized spacial score (nSPS) is 21.0. The molecule has 0 aromatic heterocycles. The van der Waals surface area contributed by atoms with Crippen molar-refractivity contribution in [3.63, 3.8) is 0 Å². The van der Waals surface area contributed by atoms with Crippen LogP contribution >= 0.6 is 0 Å². The Bertz CT molecular complexity index is 599. The molecule has 2 atom stereocenters. The third-order valence-corrected chi connectivity index (χ3v) is 4.37. The zero-order chi connectivity index (χ0) is 18.3. The summed E-state index contributed by atoms with van der Waals surface area (Å²) in [5.74, 6) is 0. The van der Waals surface area contributed by atoms with Gasteiger partial charge in [-0.25, -0.2) is 4.79 Å². The van der Waals surface area contributed by atoms with Crippen LogP contribution < -0.4 is 10.6 Å². The molecule has 0 heterocycles. The molecule has 1 aliphatic carbocycles. The first-order valence-electron chi connectivity index (χ1n) is 9.09. The molecule has 0 aliphatic heterocycles. The van der Waals surface area contributed by atoms with Crippen LogP contribution in [0.15, 0.2) is 24.3 Å². The maximum absolute atomic E-state index is 12.1. The van der Waals surface area contributed by atoms with Crippen LogP contribution in [0.1, 0.15) is 64.0 Å². The number of rotatable bonds is 4. The Labute approximate surface area is 150 Å². The highest BCUT2D eigenvalue weighted by atomic mass is 16.6. The van der Waals surface area contributed by atoms with Gasteiger partial charge in [-0.3, -0.25) is 0 Å². The molecule has 0 spiro atoms. The van der Waals surface area contributed by atoms with E-state index in [1.54, 1.807) is 0 Å². The van der Waals surface area contributed by atoms with E-state index in [9.17, 15) is 4.79 Å². The van der Waals surface area contributed by atoms with Crippen LogP contribution in [0.2, 0.25) is 0 Å². The van der Waals surface area contributed by atoms with Crippen molar-refractivity contribution in [1.82, 2.24) is 10.6 Å². The molecule has 5 nitrogen and oxygen atoms in total. The molecule has 0 radical (unpaired) electrons. The molecule has 0 saturated heterocycles. The number of nitrogens with zero attached hydrogens (tertiary/aromatic N) is 1. The molecule has 5 heteroatoms. The average Bonchev–Trinajstić information content (AvgIpc) is 2.77. The summed E-state index contributed by atoms with van der Waals surface area (Å²) >= 11 is 0. The third kappa shape index (κ3) is 6.75. The largest absolute Gasteiger partial charge is 0.444 e. The van der Waals surface area contributed by atoms with Crippen molar-refractivity contribution >= 4 is 6.09 Å². The van der Waals surface area contributed by atoms with Crippen molar-refractivity contribution in [2.45, 2.75) is 77.1 Å². The maximum Gasteiger partial charge on any atom is 0.407 e. The number of hydrogen-bond acceptors (Lipinski definition) is 4. The Hall–Kier alpha value is -2.06. The second-order valence-corrected chi connectivity index (χ2v) is 7.69. The van der Waals surface area contributed by atoms with Crippen molar-refractivity contribution in [3.8, 4) is 6.07 Å². The summed E-state index contributed by atoms with van der Waals surface area (Å²) in [6.07, 6.45) is 5.14. The molecule has 1 saturated carbocycles. The first-order valence-corrected chi connectivity index (χ1v) is 9.09. The highest BCUT2D eigenvalue weighted by molar-refractivity contribution is 5.68. The lowest BCUT2D eigenvalue weighted by Crippen LogP contribution is -2.50. The summed E-state index contributed by atoms with van der Waals surface area (Å²) in [6, 6.07) is 10.0. The van der Waals surface area contributed by atoms with Crippen molar-refractivity contribution in [2.24, 2.45) is 0 Å². The number of hydrogen-bond donors (Lipinski definition) is 2. The summed E-state index contributed by atoms with van der Waals surface area (Å²) in [5, 5.41) is 15.5. The number of ether oxygens (including phenoxy) is 1. The van der Waals surface area contributed by atoms with Gasteiger partial charge in [0.05, 0.1) is 11.6 Å². The van der Waals surface area contributed by atoms with Crippen molar-refractivity contribution in [1.29, 1.82) is 5.26 Å². The highest BCUT2D eigenvalue weighted by Gasteiger charge is 2.26. The van der Waals surface area contributed by atoms with E-state index in [0.29, 0.717) is 5.56 Å². The Kier molecular flexibility index (Phi) is 6.83. The van der Waals surface area contributed by atoms with Gasteiger partial charge in [0.15, 0.2) is 0 Å². The number of carbonyl (C=O) groups is 1. The van der Waals surface area contributed by atoms with Crippen LogP contribution in [-0.4, -0.2) is 23.8 Å². The summed E-state index contributed by atoms with van der Waals surface area (Å²) < 4.78 is 5.41. The van der Waals surface area contributed by atoms with Gasteiger partial charge in [-0.1, -0.05) is 31.4 Å². The maximum atomic E-state index is 12.1. The number of alkyl carbamates (subject to hydrolysis) is 1. The predicted molar refractivity (Wildman–Crippen MR) is 98.0 cm³/mol. The van der Waals surface area contributed by atoms with Gasteiger partial charge < -0.3 is 15.4 Å². The highest BCUT2D eigenvalue weighted by Crippen LogP contribution is 2.19. The van der Waals surface area contributed by atoms with E-state index in [-0.39, 0.29) is 18.2 Å². The third-order valence-electron chi connectivity index (χ3n) is 4.37. The lowest BCUT2D eigenvalue weighted by Gasteiger charge is -2.29. The van der Waals surface area contributed by atoms with E-state index in [1.165, 1.54) is 6.42 Å². The average molecular weight is 343 g/mol. The quantitative estimate of drug-likeness (QED) is 0.814. The zero-order valence-electron chi connectivity index (χ0n) is 15.5. The standard InChI is InChI=1S/C20H29N3O2/c1-20(2,3)25-19(24)23-18-8-6-4-5-7-17(18)22-14-16-11-9-15(13-21)10-12-16/h9-12,17-18,22H,4-8,14H2,1-3H3,(H,23,24). The molecule has 2 unspecified atom stereocenters.